The zero-order valence-corrected chi connectivity index (χ0v) is 12.9. The Kier molecular flexibility index (Phi) is 4.81. The number of hydrogen-bond acceptors (Lipinski definition) is 3. The molecule has 2 unspecified atom stereocenters. The smallest absolute Gasteiger partial charge is 0.126 e. The van der Waals surface area contributed by atoms with Gasteiger partial charge in [-0.25, -0.2) is 0 Å². The van der Waals surface area contributed by atoms with Crippen molar-refractivity contribution in [2.75, 3.05) is 12.4 Å². The molecule has 100 valence electrons. The van der Waals surface area contributed by atoms with Gasteiger partial charge in [0.2, 0.25) is 0 Å². The number of benzene rings is 1. The Hall–Kier alpha value is -0.390. The Labute approximate surface area is 119 Å². The summed E-state index contributed by atoms with van der Waals surface area (Å²) in [7, 11) is -0.927. The Morgan fingerprint density at radius 3 is 3.06 bits per heavy atom. The van der Waals surface area contributed by atoms with Crippen molar-refractivity contribution in [3.8, 4) is 5.75 Å². The van der Waals surface area contributed by atoms with E-state index in [1.165, 1.54) is 5.56 Å². The van der Waals surface area contributed by atoms with E-state index in [2.05, 4.69) is 22.0 Å². The van der Waals surface area contributed by atoms with Gasteiger partial charge < -0.3 is 10.5 Å². The number of rotatable bonds is 5. The molecule has 0 radical (unpaired) electrons. The first kappa shape index (κ1) is 14.0. The lowest BCUT2D eigenvalue weighted by molar-refractivity contribution is 0.354. The molecular weight excluding hydrogens is 314 g/mol. The van der Waals surface area contributed by atoms with Crippen molar-refractivity contribution in [3.05, 3.63) is 27.7 Å². The van der Waals surface area contributed by atoms with Crippen LogP contribution in [0.15, 0.2) is 16.6 Å². The summed E-state index contributed by atoms with van der Waals surface area (Å²) in [6.07, 6.45) is 1.79. The highest BCUT2D eigenvalue weighted by molar-refractivity contribution is 9.10. The molecule has 0 fully saturated rings. The molecule has 0 aromatic heterocycles. The molecule has 5 heteroatoms. The number of fused-ring (bicyclic) bond motifs is 1. The monoisotopic (exact) mass is 331 g/mol. The van der Waals surface area contributed by atoms with Crippen molar-refractivity contribution in [3.63, 3.8) is 0 Å². The summed E-state index contributed by atoms with van der Waals surface area (Å²) in [5, 5.41) is 0. The van der Waals surface area contributed by atoms with Gasteiger partial charge in [-0.05, 0) is 24.1 Å². The van der Waals surface area contributed by atoms with Crippen molar-refractivity contribution < 1.29 is 8.95 Å². The maximum absolute atomic E-state index is 12.1. The van der Waals surface area contributed by atoms with Crippen LogP contribution in [0.5, 0.6) is 5.75 Å². The lowest BCUT2D eigenvalue weighted by atomic mass is 10.1. The van der Waals surface area contributed by atoms with E-state index in [0.717, 1.165) is 35.2 Å². The average Bonchev–Trinajstić information content (AvgIpc) is 2.76. The molecule has 0 saturated heterocycles. The number of nitrogens with two attached hydrogens (primary N) is 1. The molecule has 1 aromatic carbocycles. The Bertz CT molecular complexity index is 465. The molecule has 0 spiro atoms. The van der Waals surface area contributed by atoms with Crippen LogP contribution in [-0.4, -0.2) is 22.6 Å². The van der Waals surface area contributed by atoms with E-state index in [0.29, 0.717) is 11.5 Å². The molecule has 2 rings (SSSR count). The van der Waals surface area contributed by atoms with Gasteiger partial charge in [0.15, 0.2) is 0 Å². The van der Waals surface area contributed by atoms with Crippen LogP contribution in [0, 0.1) is 0 Å². The number of hydrogen-bond donors (Lipinski definition) is 1. The minimum atomic E-state index is -0.927. The van der Waals surface area contributed by atoms with Crippen LogP contribution in [0.1, 0.15) is 24.5 Å². The second-order valence-electron chi connectivity index (χ2n) is 4.57. The van der Waals surface area contributed by atoms with Gasteiger partial charge in [0, 0.05) is 39.1 Å². The molecule has 1 heterocycles. The molecule has 2 atom stereocenters. The standard InChI is InChI=1S/C13H18BrNO2S/c1-2-12(15)8-18(16)7-10-6-11(14)5-9-3-4-17-13(9)10/h5-6,12H,2-4,7-8,15H2,1H3. The molecule has 18 heavy (non-hydrogen) atoms. The van der Waals surface area contributed by atoms with Crippen LogP contribution in [-0.2, 0) is 23.0 Å². The van der Waals surface area contributed by atoms with Gasteiger partial charge >= 0.3 is 0 Å². The Balaban J connectivity index is 2.12. The third-order valence-electron chi connectivity index (χ3n) is 3.07. The van der Waals surface area contributed by atoms with Gasteiger partial charge in [-0.3, -0.25) is 4.21 Å². The molecular formula is C13H18BrNO2S. The van der Waals surface area contributed by atoms with Gasteiger partial charge in [-0.1, -0.05) is 22.9 Å². The van der Waals surface area contributed by atoms with Crippen LogP contribution < -0.4 is 10.5 Å². The molecule has 1 aromatic rings. The second-order valence-corrected chi connectivity index (χ2v) is 6.99. The van der Waals surface area contributed by atoms with Crippen molar-refractivity contribution in [2.24, 2.45) is 5.73 Å². The summed E-state index contributed by atoms with van der Waals surface area (Å²) < 4.78 is 18.7. The summed E-state index contributed by atoms with van der Waals surface area (Å²) in [5.41, 5.74) is 8.07. The van der Waals surface area contributed by atoms with E-state index in [-0.39, 0.29) is 6.04 Å². The van der Waals surface area contributed by atoms with Gasteiger partial charge in [-0.2, -0.15) is 0 Å². The average molecular weight is 332 g/mol. The molecule has 0 aliphatic carbocycles. The summed E-state index contributed by atoms with van der Waals surface area (Å²) in [5.74, 6) is 2.00. The molecule has 0 saturated carbocycles. The number of ether oxygens (including phenoxy) is 1. The van der Waals surface area contributed by atoms with Crippen molar-refractivity contribution in [1.82, 2.24) is 0 Å². The second kappa shape index (κ2) is 6.17. The van der Waals surface area contributed by atoms with Gasteiger partial charge in [-0.15, -0.1) is 0 Å². The topological polar surface area (TPSA) is 52.3 Å². The fourth-order valence-corrected chi connectivity index (χ4v) is 3.99. The third-order valence-corrected chi connectivity index (χ3v) is 4.96. The van der Waals surface area contributed by atoms with Gasteiger partial charge in [0.25, 0.3) is 0 Å². The van der Waals surface area contributed by atoms with E-state index in [4.69, 9.17) is 10.5 Å². The fourth-order valence-electron chi connectivity index (χ4n) is 2.04. The zero-order valence-electron chi connectivity index (χ0n) is 10.4. The highest BCUT2D eigenvalue weighted by atomic mass is 79.9. The van der Waals surface area contributed by atoms with Crippen molar-refractivity contribution in [2.45, 2.75) is 31.6 Å². The Morgan fingerprint density at radius 1 is 1.56 bits per heavy atom. The van der Waals surface area contributed by atoms with E-state index in [9.17, 15) is 4.21 Å². The summed E-state index contributed by atoms with van der Waals surface area (Å²) in [4.78, 5) is 0. The quantitative estimate of drug-likeness (QED) is 0.901. The molecule has 0 bridgehead atoms. The van der Waals surface area contributed by atoms with Crippen LogP contribution in [0.4, 0.5) is 0 Å². The number of halogens is 1. The minimum absolute atomic E-state index is 0.0203. The fraction of sp³-hybridized carbons (Fsp3) is 0.538. The lowest BCUT2D eigenvalue weighted by Gasteiger charge is -2.11. The predicted molar refractivity (Wildman–Crippen MR) is 78.3 cm³/mol. The predicted octanol–water partition coefficient (Wildman–Crippen LogP) is 2.37. The van der Waals surface area contributed by atoms with E-state index in [1.54, 1.807) is 0 Å². The lowest BCUT2D eigenvalue weighted by Crippen LogP contribution is -2.26. The highest BCUT2D eigenvalue weighted by Gasteiger charge is 2.19. The zero-order chi connectivity index (χ0) is 13.1. The molecule has 1 aliphatic heterocycles. The largest absolute Gasteiger partial charge is 0.493 e. The summed E-state index contributed by atoms with van der Waals surface area (Å²) in [6.45, 7) is 2.74. The summed E-state index contributed by atoms with van der Waals surface area (Å²) in [6, 6.07) is 4.10. The molecule has 0 amide bonds. The van der Waals surface area contributed by atoms with E-state index >= 15 is 0 Å². The van der Waals surface area contributed by atoms with Crippen molar-refractivity contribution in [1.29, 1.82) is 0 Å². The molecule has 3 nitrogen and oxygen atoms in total. The van der Waals surface area contributed by atoms with Gasteiger partial charge in [0.1, 0.15) is 5.75 Å². The first-order chi connectivity index (χ1) is 8.60. The first-order valence-corrected chi connectivity index (χ1v) is 8.43. The van der Waals surface area contributed by atoms with Crippen LogP contribution in [0.3, 0.4) is 0 Å². The van der Waals surface area contributed by atoms with E-state index < -0.39 is 10.8 Å². The SMILES string of the molecule is CCC(N)CS(=O)Cc1cc(Br)cc2c1OCC2. The normalized spacial score (nSPS) is 17.1. The first-order valence-electron chi connectivity index (χ1n) is 6.14. The van der Waals surface area contributed by atoms with Crippen LogP contribution in [0.2, 0.25) is 0 Å². The highest BCUT2D eigenvalue weighted by Crippen LogP contribution is 2.33. The van der Waals surface area contributed by atoms with E-state index in [1.807, 2.05) is 13.0 Å². The maximum Gasteiger partial charge on any atom is 0.126 e. The van der Waals surface area contributed by atoms with Crippen LogP contribution in [0.25, 0.3) is 0 Å². The third kappa shape index (κ3) is 3.33. The van der Waals surface area contributed by atoms with Crippen molar-refractivity contribution >= 4 is 26.7 Å². The Morgan fingerprint density at radius 2 is 2.33 bits per heavy atom. The van der Waals surface area contributed by atoms with Gasteiger partial charge in [0.05, 0.1) is 12.4 Å². The minimum Gasteiger partial charge on any atom is -0.493 e. The van der Waals surface area contributed by atoms with Crippen LogP contribution >= 0.6 is 15.9 Å². The summed E-state index contributed by atoms with van der Waals surface area (Å²) >= 11 is 3.49. The maximum atomic E-state index is 12.1. The molecule has 1 aliphatic rings. The molecule has 2 N–H and O–H groups in total.